The summed E-state index contributed by atoms with van der Waals surface area (Å²) in [5.74, 6) is -1.17. The largest absolute Gasteiger partial charge is 0.506 e. The zero-order valence-electron chi connectivity index (χ0n) is 11.4. The summed E-state index contributed by atoms with van der Waals surface area (Å²) >= 11 is 0. The van der Waals surface area contributed by atoms with E-state index in [0.29, 0.717) is 25.3 Å². The average molecular weight is 280 g/mol. The zero-order chi connectivity index (χ0) is 15.1. The van der Waals surface area contributed by atoms with Gasteiger partial charge in [-0.05, 0) is 43.5 Å². The SMILES string of the molecule is CC(CCN)CCC(=O)Nc1cc(C(=O)O)ccc1O. The Kier molecular flexibility index (Phi) is 5.99. The van der Waals surface area contributed by atoms with Gasteiger partial charge in [0.2, 0.25) is 5.91 Å². The lowest BCUT2D eigenvalue weighted by atomic mass is 10.0. The molecule has 0 fully saturated rings. The fourth-order valence-electron chi connectivity index (χ4n) is 1.79. The number of benzene rings is 1. The molecule has 0 aliphatic carbocycles. The van der Waals surface area contributed by atoms with Crippen molar-refractivity contribution in [1.82, 2.24) is 0 Å². The summed E-state index contributed by atoms with van der Waals surface area (Å²) in [5.41, 5.74) is 5.56. The second-order valence-corrected chi connectivity index (χ2v) is 4.81. The van der Waals surface area contributed by atoms with Crippen molar-refractivity contribution >= 4 is 17.6 Å². The van der Waals surface area contributed by atoms with Crippen molar-refractivity contribution in [2.24, 2.45) is 11.7 Å². The van der Waals surface area contributed by atoms with Crippen molar-refractivity contribution in [3.63, 3.8) is 0 Å². The van der Waals surface area contributed by atoms with Crippen LogP contribution in [0, 0.1) is 5.92 Å². The maximum absolute atomic E-state index is 11.8. The van der Waals surface area contributed by atoms with Gasteiger partial charge >= 0.3 is 5.97 Å². The van der Waals surface area contributed by atoms with Gasteiger partial charge in [0.15, 0.2) is 0 Å². The van der Waals surface area contributed by atoms with Crippen LogP contribution in [0.25, 0.3) is 0 Å². The highest BCUT2D eigenvalue weighted by Crippen LogP contribution is 2.24. The summed E-state index contributed by atoms with van der Waals surface area (Å²) in [4.78, 5) is 22.6. The molecule has 1 unspecified atom stereocenters. The van der Waals surface area contributed by atoms with Gasteiger partial charge in [-0.3, -0.25) is 4.79 Å². The molecule has 0 heterocycles. The van der Waals surface area contributed by atoms with Crippen LogP contribution < -0.4 is 11.1 Å². The van der Waals surface area contributed by atoms with Gasteiger partial charge in [0.05, 0.1) is 11.3 Å². The third-order valence-corrected chi connectivity index (χ3v) is 3.04. The summed E-state index contributed by atoms with van der Waals surface area (Å²) in [7, 11) is 0. The molecule has 1 atom stereocenters. The molecule has 0 aliphatic heterocycles. The predicted molar refractivity (Wildman–Crippen MR) is 75.8 cm³/mol. The van der Waals surface area contributed by atoms with Crippen molar-refractivity contribution in [3.05, 3.63) is 23.8 Å². The van der Waals surface area contributed by atoms with E-state index in [0.717, 1.165) is 6.42 Å². The molecule has 0 aromatic heterocycles. The van der Waals surface area contributed by atoms with Crippen LogP contribution in [-0.2, 0) is 4.79 Å². The molecular formula is C14H20N2O4. The Morgan fingerprint density at radius 1 is 1.35 bits per heavy atom. The Balaban J connectivity index is 2.61. The molecular weight excluding hydrogens is 260 g/mol. The van der Waals surface area contributed by atoms with E-state index >= 15 is 0 Å². The molecule has 0 spiro atoms. The van der Waals surface area contributed by atoms with Gasteiger partial charge in [0.25, 0.3) is 0 Å². The van der Waals surface area contributed by atoms with Crippen LogP contribution in [0.2, 0.25) is 0 Å². The molecule has 110 valence electrons. The van der Waals surface area contributed by atoms with Gasteiger partial charge in [-0.1, -0.05) is 6.92 Å². The van der Waals surface area contributed by atoms with E-state index in [9.17, 15) is 14.7 Å². The topological polar surface area (TPSA) is 113 Å². The summed E-state index contributed by atoms with van der Waals surface area (Å²) in [6, 6.07) is 3.76. The molecule has 0 radical (unpaired) electrons. The molecule has 20 heavy (non-hydrogen) atoms. The van der Waals surface area contributed by atoms with Gasteiger partial charge in [-0.25, -0.2) is 4.79 Å². The van der Waals surface area contributed by atoms with Crippen LogP contribution in [0.4, 0.5) is 5.69 Å². The van der Waals surface area contributed by atoms with Gasteiger partial charge in [-0.15, -0.1) is 0 Å². The third-order valence-electron chi connectivity index (χ3n) is 3.04. The number of phenols is 1. The minimum Gasteiger partial charge on any atom is -0.506 e. The molecule has 0 saturated heterocycles. The molecule has 6 heteroatoms. The first-order valence-corrected chi connectivity index (χ1v) is 6.50. The van der Waals surface area contributed by atoms with Crippen LogP contribution in [0.15, 0.2) is 18.2 Å². The van der Waals surface area contributed by atoms with Crippen LogP contribution >= 0.6 is 0 Å². The Morgan fingerprint density at radius 3 is 2.65 bits per heavy atom. The average Bonchev–Trinajstić information content (AvgIpc) is 2.39. The van der Waals surface area contributed by atoms with Crippen LogP contribution in [-0.4, -0.2) is 28.6 Å². The van der Waals surface area contributed by atoms with E-state index in [1.54, 1.807) is 0 Å². The number of aromatic hydroxyl groups is 1. The minimum absolute atomic E-state index is 0.00889. The molecule has 1 amide bonds. The number of carboxylic acids is 1. The van der Waals surface area contributed by atoms with Gasteiger partial charge in [0.1, 0.15) is 5.75 Å². The monoisotopic (exact) mass is 280 g/mol. The summed E-state index contributed by atoms with van der Waals surface area (Å²) in [5, 5.41) is 21.0. The lowest BCUT2D eigenvalue weighted by molar-refractivity contribution is -0.116. The summed E-state index contributed by atoms with van der Waals surface area (Å²) in [6.07, 6.45) is 1.85. The number of carboxylic acid groups (broad SMARTS) is 1. The summed E-state index contributed by atoms with van der Waals surface area (Å²) < 4.78 is 0. The van der Waals surface area contributed by atoms with Crippen LogP contribution in [0.1, 0.15) is 36.5 Å². The third kappa shape index (κ3) is 4.89. The van der Waals surface area contributed by atoms with E-state index in [1.807, 2.05) is 6.92 Å². The van der Waals surface area contributed by atoms with E-state index in [-0.39, 0.29) is 22.9 Å². The highest BCUT2D eigenvalue weighted by Gasteiger charge is 2.11. The van der Waals surface area contributed by atoms with Crippen molar-refractivity contribution in [1.29, 1.82) is 0 Å². The fraction of sp³-hybridized carbons (Fsp3) is 0.429. The maximum Gasteiger partial charge on any atom is 0.335 e. The number of nitrogens with two attached hydrogens (primary N) is 1. The first-order valence-electron chi connectivity index (χ1n) is 6.50. The first kappa shape index (κ1) is 16.0. The number of hydrogen-bond donors (Lipinski definition) is 4. The number of amides is 1. The Morgan fingerprint density at radius 2 is 2.05 bits per heavy atom. The van der Waals surface area contributed by atoms with Gasteiger partial charge in [0, 0.05) is 6.42 Å². The number of nitrogens with one attached hydrogen (secondary N) is 1. The van der Waals surface area contributed by atoms with Gasteiger partial charge in [-0.2, -0.15) is 0 Å². The normalized spacial score (nSPS) is 11.9. The highest BCUT2D eigenvalue weighted by atomic mass is 16.4. The predicted octanol–water partition coefficient (Wildman–Crippen LogP) is 1.79. The van der Waals surface area contributed by atoms with Gasteiger partial charge < -0.3 is 21.3 Å². The first-order chi connectivity index (χ1) is 9.43. The number of hydrogen-bond acceptors (Lipinski definition) is 4. The quantitative estimate of drug-likeness (QED) is 0.569. The summed E-state index contributed by atoms with van der Waals surface area (Å²) in [6.45, 7) is 2.60. The second kappa shape index (κ2) is 7.49. The molecule has 6 nitrogen and oxygen atoms in total. The second-order valence-electron chi connectivity index (χ2n) is 4.81. The fourth-order valence-corrected chi connectivity index (χ4v) is 1.79. The number of rotatable bonds is 7. The van der Waals surface area contributed by atoms with E-state index in [1.165, 1.54) is 18.2 Å². The minimum atomic E-state index is -1.11. The molecule has 0 aliphatic rings. The number of phenolic OH excluding ortho intramolecular Hbond substituents is 1. The van der Waals surface area contributed by atoms with Crippen molar-refractivity contribution in [3.8, 4) is 5.75 Å². The molecule has 1 aromatic carbocycles. The van der Waals surface area contributed by atoms with Crippen LogP contribution in [0.5, 0.6) is 5.75 Å². The zero-order valence-corrected chi connectivity index (χ0v) is 11.4. The van der Waals surface area contributed by atoms with Crippen molar-refractivity contribution in [2.45, 2.75) is 26.2 Å². The Bertz CT molecular complexity index is 488. The standard InChI is InChI=1S/C14H20N2O4/c1-9(6-7-15)2-5-13(18)16-11-8-10(14(19)20)3-4-12(11)17/h3-4,8-9,17H,2,5-7,15H2,1H3,(H,16,18)(H,19,20). The number of anilines is 1. The number of aromatic carboxylic acids is 1. The highest BCUT2D eigenvalue weighted by molar-refractivity contribution is 5.95. The van der Waals surface area contributed by atoms with Crippen molar-refractivity contribution in [2.75, 3.05) is 11.9 Å². The van der Waals surface area contributed by atoms with E-state index in [2.05, 4.69) is 5.32 Å². The molecule has 5 N–H and O–H groups in total. The Hall–Kier alpha value is -2.08. The molecule has 0 saturated carbocycles. The lowest BCUT2D eigenvalue weighted by Crippen LogP contribution is -2.14. The molecule has 1 aromatic rings. The van der Waals surface area contributed by atoms with E-state index < -0.39 is 5.97 Å². The maximum atomic E-state index is 11.8. The molecule has 0 bridgehead atoms. The number of carbonyl (C=O) groups is 2. The lowest BCUT2D eigenvalue weighted by Gasteiger charge is -2.11. The van der Waals surface area contributed by atoms with Crippen LogP contribution in [0.3, 0.4) is 0 Å². The van der Waals surface area contributed by atoms with E-state index in [4.69, 9.17) is 10.8 Å². The smallest absolute Gasteiger partial charge is 0.335 e. The Labute approximate surface area is 117 Å². The van der Waals surface area contributed by atoms with Crippen molar-refractivity contribution < 1.29 is 19.8 Å². The number of carbonyl (C=O) groups excluding carboxylic acids is 1. The molecule has 1 rings (SSSR count).